The van der Waals surface area contributed by atoms with Crippen LogP contribution in [-0.4, -0.2) is 16.8 Å². The Hall–Kier alpha value is -1.38. The fourth-order valence-corrected chi connectivity index (χ4v) is 3.77. The third-order valence-corrected chi connectivity index (χ3v) is 4.92. The van der Waals surface area contributed by atoms with E-state index in [4.69, 9.17) is 4.74 Å². The maximum Gasteiger partial charge on any atom is 0.0773 e. The van der Waals surface area contributed by atoms with Crippen LogP contribution in [0.25, 0.3) is 22.3 Å². The standard InChI is InChI=1S/C17H15OSi/c19-17(10-3-4-11-18-17)15-9-5-8-14-12-6-1-2-7-13(12)16(14)15/h1-2,5-9H,3-4,10-11H2. The van der Waals surface area contributed by atoms with Gasteiger partial charge in [-0.3, -0.25) is 0 Å². The van der Waals surface area contributed by atoms with Crippen molar-refractivity contribution in [1.29, 1.82) is 0 Å². The number of hydrogen-bond acceptors (Lipinski definition) is 1. The summed E-state index contributed by atoms with van der Waals surface area (Å²) in [6.07, 6.45) is 3.43. The number of rotatable bonds is 1. The Balaban J connectivity index is 1.86. The highest BCUT2D eigenvalue weighted by Crippen LogP contribution is 2.52. The summed E-state index contributed by atoms with van der Waals surface area (Å²) in [6, 6.07) is 15.2. The van der Waals surface area contributed by atoms with E-state index in [0.717, 1.165) is 19.4 Å². The van der Waals surface area contributed by atoms with Gasteiger partial charge in [0.05, 0.1) is 15.5 Å². The first kappa shape index (κ1) is 11.4. The minimum atomic E-state index is -0.295. The first-order valence-corrected chi connectivity index (χ1v) is 7.42. The summed E-state index contributed by atoms with van der Waals surface area (Å²) < 4.78 is 6.05. The molecule has 1 aliphatic heterocycles. The molecule has 2 aromatic rings. The van der Waals surface area contributed by atoms with Crippen LogP contribution in [0.3, 0.4) is 0 Å². The summed E-state index contributed by atoms with van der Waals surface area (Å²) in [6.45, 7) is 0.842. The molecule has 0 N–H and O–H groups in total. The largest absolute Gasteiger partial charge is 0.375 e. The van der Waals surface area contributed by atoms with Crippen molar-refractivity contribution in [2.45, 2.75) is 24.5 Å². The van der Waals surface area contributed by atoms with Crippen LogP contribution < -0.4 is 0 Å². The van der Waals surface area contributed by atoms with Gasteiger partial charge in [0.25, 0.3) is 0 Å². The topological polar surface area (TPSA) is 9.23 Å². The minimum absolute atomic E-state index is 0.295. The molecule has 3 radical (unpaired) electrons. The molecule has 2 heteroatoms. The Bertz CT molecular complexity index is 641. The van der Waals surface area contributed by atoms with E-state index in [1.54, 1.807) is 0 Å². The second-order valence-electron chi connectivity index (χ2n) is 5.41. The lowest BCUT2D eigenvalue weighted by atomic mass is 9.76. The smallest absolute Gasteiger partial charge is 0.0773 e. The number of hydrogen-bond donors (Lipinski definition) is 0. The molecule has 1 atom stereocenters. The van der Waals surface area contributed by atoms with Crippen molar-refractivity contribution < 1.29 is 4.74 Å². The summed E-state index contributed by atoms with van der Waals surface area (Å²) >= 11 is 0. The molecular weight excluding hydrogens is 248 g/mol. The van der Waals surface area contributed by atoms with Gasteiger partial charge in [-0.15, -0.1) is 0 Å². The first-order valence-electron chi connectivity index (χ1n) is 6.92. The van der Waals surface area contributed by atoms with E-state index >= 15 is 0 Å². The molecule has 2 aromatic carbocycles. The monoisotopic (exact) mass is 263 g/mol. The quantitative estimate of drug-likeness (QED) is 0.606. The summed E-state index contributed by atoms with van der Waals surface area (Å²) in [5, 5.41) is -0.295. The number of fused-ring (bicyclic) bond motifs is 4. The van der Waals surface area contributed by atoms with Gasteiger partial charge < -0.3 is 4.74 Å². The van der Waals surface area contributed by atoms with Gasteiger partial charge >= 0.3 is 0 Å². The van der Waals surface area contributed by atoms with Crippen molar-refractivity contribution in [3.63, 3.8) is 0 Å². The molecular formula is C17H15OSi. The van der Waals surface area contributed by atoms with E-state index < -0.39 is 0 Å². The molecule has 0 amide bonds. The zero-order chi connectivity index (χ0) is 12.9. The van der Waals surface area contributed by atoms with Crippen LogP contribution in [0.4, 0.5) is 0 Å². The molecule has 93 valence electrons. The normalized spacial score (nSPS) is 24.3. The molecule has 1 aliphatic carbocycles. The molecule has 4 rings (SSSR count). The molecule has 19 heavy (non-hydrogen) atoms. The fourth-order valence-electron chi connectivity index (χ4n) is 3.28. The Morgan fingerprint density at radius 3 is 2.47 bits per heavy atom. The molecule has 1 fully saturated rings. The van der Waals surface area contributed by atoms with Crippen molar-refractivity contribution in [3.8, 4) is 22.3 Å². The molecule has 2 aliphatic rings. The summed E-state index contributed by atoms with van der Waals surface area (Å²) in [7, 11) is 3.91. The Morgan fingerprint density at radius 2 is 1.68 bits per heavy atom. The average molecular weight is 263 g/mol. The van der Waals surface area contributed by atoms with Crippen LogP contribution in [0.1, 0.15) is 24.8 Å². The molecule has 1 heterocycles. The van der Waals surface area contributed by atoms with Crippen LogP contribution in [0.5, 0.6) is 0 Å². The van der Waals surface area contributed by atoms with Crippen molar-refractivity contribution in [2.24, 2.45) is 0 Å². The van der Waals surface area contributed by atoms with E-state index in [0.29, 0.717) is 0 Å². The van der Waals surface area contributed by atoms with Crippen LogP contribution in [0.2, 0.25) is 0 Å². The maximum atomic E-state index is 6.05. The van der Waals surface area contributed by atoms with Crippen LogP contribution >= 0.6 is 0 Å². The first-order chi connectivity index (χ1) is 9.30. The zero-order valence-electron chi connectivity index (χ0n) is 10.8. The second kappa shape index (κ2) is 4.05. The second-order valence-corrected chi connectivity index (χ2v) is 6.21. The number of ether oxygens (including phenoxy) is 1. The molecule has 1 unspecified atom stereocenters. The van der Waals surface area contributed by atoms with Crippen molar-refractivity contribution in [1.82, 2.24) is 0 Å². The van der Waals surface area contributed by atoms with Gasteiger partial charge in [-0.05, 0) is 47.1 Å². The van der Waals surface area contributed by atoms with E-state index in [1.165, 1.54) is 34.2 Å². The zero-order valence-corrected chi connectivity index (χ0v) is 11.8. The molecule has 1 nitrogen and oxygen atoms in total. The molecule has 0 saturated carbocycles. The average Bonchev–Trinajstić information content (AvgIpc) is 2.45. The van der Waals surface area contributed by atoms with Crippen molar-refractivity contribution >= 4 is 10.2 Å². The van der Waals surface area contributed by atoms with Gasteiger partial charge in [-0.1, -0.05) is 42.5 Å². The van der Waals surface area contributed by atoms with Crippen LogP contribution in [0, 0.1) is 0 Å². The number of benzene rings is 2. The third kappa shape index (κ3) is 1.57. The van der Waals surface area contributed by atoms with Gasteiger partial charge in [0.2, 0.25) is 0 Å². The Labute approximate surface area is 117 Å². The molecule has 0 aromatic heterocycles. The highest BCUT2D eigenvalue weighted by Gasteiger charge is 2.36. The minimum Gasteiger partial charge on any atom is -0.375 e. The predicted molar refractivity (Wildman–Crippen MR) is 78.1 cm³/mol. The summed E-state index contributed by atoms with van der Waals surface area (Å²) in [4.78, 5) is 0. The van der Waals surface area contributed by atoms with E-state index in [-0.39, 0.29) is 5.22 Å². The third-order valence-electron chi connectivity index (χ3n) is 4.26. The van der Waals surface area contributed by atoms with Gasteiger partial charge in [-0.2, -0.15) is 0 Å². The van der Waals surface area contributed by atoms with Crippen molar-refractivity contribution in [2.75, 3.05) is 6.61 Å². The van der Waals surface area contributed by atoms with Crippen LogP contribution in [-0.2, 0) is 9.96 Å². The summed E-state index contributed by atoms with van der Waals surface area (Å²) in [5.41, 5.74) is 6.75. The molecule has 0 bridgehead atoms. The highest BCUT2D eigenvalue weighted by atomic mass is 28.1. The lowest BCUT2D eigenvalue weighted by Crippen LogP contribution is -2.35. The van der Waals surface area contributed by atoms with E-state index in [2.05, 4.69) is 52.7 Å². The molecule has 1 saturated heterocycles. The lowest BCUT2D eigenvalue weighted by molar-refractivity contribution is -0.0206. The maximum absolute atomic E-state index is 6.05. The Morgan fingerprint density at radius 1 is 0.895 bits per heavy atom. The van der Waals surface area contributed by atoms with E-state index in [9.17, 15) is 0 Å². The van der Waals surface area contributed by atoms with E-state index in [1.807, 2.05) is 0 Å². The van der Waals surface area contributed by atoms with Gasteiger partial charge in [0, 0.05) is 6.61 Å². The lowest BCUT2D eigenvalue weighted by Gasteiger charge is -2.39. The van der Waals surface area contributed by atoms with Crippen LogP contribution in [0.15, 0.2) is 42.5 Å². The Kier molecular flexibility index (Phi) is 2.44. The highest BCUT2D eigenvalue weighted by molar-refractivity contribution is 6.17. The van der Waals surface area contributed by atoms with Gasteiger partial charge in [-0.25, -0.2) is 0 Å². The van der Waals surface area contributed by atoms with Gasteiger partial charge in [0.15, 0.2) is 0 Å². The predicted octanol–water partition coefficient (Wildman–Crippen LogP) is 3.86. The van der Waals surface area contributed by atoms with Crippen molar-refractivity contribution in [3.05, 3.63) is 48.0 Å². The summed E-state index contributed by atoms with van der Waals surface area (Å²) in [5.74, 6) is 0. The SMILES string of the molecule is [Si]C1(c2cccc3c2-c2ccccc2-3)CCCCO1. The fraction of sp³-hybridized carbons (Fsp3) is 0.294. The molecule has 0 spiro atoms. The van der Waals surface area contributed by atoms with Gasteiger partial charge in [0.1, 0.15) is 0 Å².